The van der Waals surface area contributed by atoms with E-state index in [9.17, 15) is 9.59 Å². The van der Waals surface area contributed by atoms with E-state index in [1.165, 1.54) is 6.42 Å². The van der Waals surface area contributed by atoms with E-state index in [0.29, 0.717) is 11.1 Å². The summed E-state index contributed by atoms with van der Waals surface area (Å²) in [5.41, 5.74) is 3.08. The van der Waals surface area contributed by atoms with Crippen molar-refractivity contribution in [1.29, 1.82) is 0 Å². The Balaban J connectivity index is 1.67. The number of pyridine rings is 1. The lowest BCUT2D eigenvalue weighted by molar-refractivity contribution is -0.118. The summed E-state index contributed by atoms with van der Waals surface area (Å²) in [6.07, 6.45) is 6.89. The van der Waals surface area contributed by atoms with Crippen LogP contribution in [0.4, 0.5) is 0 Å². The summed E-state index contributed by atoms with van der Waals surface area (Å²) in [5.74, 6) is -0.669. The molecule has 164 valence electrons. The lowest BCUT2D eigenvalue weighted by atomic mass is 9.95. The minimum absolute atomic E-state index is 0.112. The zero-order valence-electron chi connectivity index (χ0n) is 18.0. The molecule has 1 fully saturated rings. The average Bonchev–Trinajstić information content (AvgIpc) is 2.80. The molecule has 5 nitrogen and oxygen atoms in total. The van der Waals surface area contributed by atoms with Crippen molar-refractivity contribution < 1.29 is 9.59 Å². The van der Waals surface area contributed by atoms with Gasteiger partial charge in [0, 0.05) is 22.6 Å². The van der Waals surface area contributed by atoms with Gasteiger partial charge in [-0.05, 0) is 55.7 Å². The number of carbonyl (C=O) groups excluding carboxylic acids is 2. The molecule has 0 aliphatic heterocycles. The largest absolute Gasteiger partial charge is 0.348 e. The van der Waals surface area contributed by atoms with Crippen LogP contribution < -0.4 is 10.6 Å². The van der Waals surface area contributed by atoms with Crippen LogP contribution in [0.3, 0.4) is 0 Å². The fraction of sp³-hybridized carbons (Fsp3) is 0.269. The van der Waals surface area contributed by atoms with Crippen molar-refractivity contribution >= 4 is 40.4 Å². The van der Waals surface area contributed by atoms with Crippen molar-refractivity contribution in [2.45, 2.75) is 45.1 Å². The lowest BCUT2D eigenvalue weighted by Crippen LogP contribution is -2.41. The maximum absolute atomic E-state index is 13.1. The second-order valence-corrected chi connectivity index (χ2v) is 8.61. The molecule has 2 amide bonds. The molecule has 3 aromatic rings. The number of halogens is 1. The van der Waals surface area contributed by atoms with Gasteiger partial charge in [-0.15, -0.1) is 0 Å². The highest BCUT2D eigenvalue weighted by Crippen LogP contribution is 2.24. The van der Waals surface area contributed by atoms with Gasteiger partial charge in [0.25, 0.3) is 11.8 Å². The summed E-state index contributed by atoms with van der Waals surface area (Å²) in [4.78, 5) is 30.4. The first-order valence-electron chi connectivity index (χ1n) is 11.0. The lowest BCUT2D eigenvalue weighted by Gasteiger charge is -2.23. The van der Waals surface area contributed by atoms with Crippen LogP contribution >= 0.6 is 11.6 Å². The SMILES string of the molecule is Cc1ccc2cc(/C=C(\NC(=O)c3ccccc3)C(=O)NC3CCCCC3)c(Cl)nc2c1. The zero-order valence-corrected chi connectivity index (χ0v) is 18.8. The third kappa shape index (κ3) is 5.35. The van der Waals surface area contributed by atoms with E-state index < -0.39 is 0 Å². The second kappa shape index (κ2) is 9.96. The summed E-state index contributed by atoms with van der Waals surface area (Å²) in [6.45, 7) is 2.00. The van der Waals surface area contributed by atoms with Crippen LogP contribution in [0.25, 0.3) is 17.0 Å². The van der Waals surface area contributed by atoms with E-state index in [-0.39, 0.29) is 28.7 Å². The van der Waals surface area contributed by atoms with Gasteiger partial charge >= 0.3 is 0 Å². The Morgan fingerprint density at radius 3 is 2.53 bits per heavy atom. The highest BCUT2D eigenvalue weighted by atomic mass is 35.5. The summed E-state index contributed by atoms with van der Waals surface area (Å²) in [6, 6.07) is 16.7. The van der Waals surface area contributed by atoms with Crippen molar-refractivity contribution in [3.05, 3.63) is 82.1 Å². The van der Waals surface area contributed by atoms with Crippen LogP contribution in [0.15, 0.2) is 60.3 Å². The van der Waals surface area contributed by atoms with Crippen LogP contribution in [0.2, 0.25) is 5.15 Å². The Hall–Kier alpha value is -3.18. The van der Waals surface area contributed by atoms with Gasteiger partial charge in [0.15, 0.2) is 0 Å². The summed E-state index contributed by atoms with van der Waals surface area (Å²) < 4.78 is 0. The van der Waals surface area contributed by atoms with Crippen molar-refractivity contribution in [2.24, 2.45) is 0 Å². The minimum atomic E-state index is -0.351. The van der Waals surface area contributed by atoms with E-state index in [4.69, 9.17) is 11.6 Å². The normalized spacial score (nSPS) is 14.9. The predicted octanol–water partition coefficient (Wildman–Crippen LogP) is 5.42. The first-order valence-corrected chi connectivity index (χ1v) is 11.3. The summed E-state index contributed by atoms with van der Waals surface area (Å²) >= 11 is 6.45. The zero-order chi connectivity index (χ0) is 22.5. The minimum Gasteiger partial charge on any atom is -0.348 e. The van der Waals surface area contributed by atoms with Crippen molar-refractivity contribution in [3.63, 3.8) is 0 Å². The van der Waals surface area contributed by atoms with E-state index in [1.807, 2.05) is 37.3 Å². The fourth-order valence-electron chi connectivity index (χ4n) is 3.98. The van der Waals surface area contributed by atoms with Crippen LogP contribution in [-0.2, 0) is 4.79 Å². The van der Waals surface area contributed by atoms with Crippen molar-refractivity contribution in [1.82, 2.24) is 15.6 Å². The Morgan fingerprint density at radius 1 is 1.03 bits per heavy atom. The highest BCUT2D eigenvalue weighted by molar-refractivity contribution is 6.31. The van der Waals surface area contributed by atoms with Crippen LogP contribution in [0, 0.1) is 6.92 Å². The molecule has 1 aliphatic rings. The maximum Gasteiger partial charge on any atom is 0.268 e. The second-order valence-electron chi connectivity index (χ2n) is 8.25. The van der Waals surface area contributed by atoms with Gasteiger partial charge in [0.2, 0.25) is 0 Å². The first-order chi connectivity index (χ1) is 15.5. The smallest absolute Gasteiger partial charge is 0.268 e. The summed E-state index contributed by atoms with van der Waals surface area (Å²) in [5, 5.41) is 7.04. The molecule has 2 aromatic carbocycles. The molecule has 1 saturated carbocycles. The van der Waals surface area contributed by atoms with Crippen LogP contribution in [-0.4, -0.2) is 22.8 Å². The number of nitrogens with zero attached hydrogens (tertiary/aromatic N) is 1. The van der Waals surface area contributed by atoms with Gasteiger partial charge in [0.05, 0.1) is 5.52 Å². The van der Waals surface area contributed by atoms with Gasteiger partial charge < -0.3 is 10.6 Å². The number of fused-ring (bicyclic) bond motifs is 1. The Bertz CT molecular complexity index is 1170. The molecule has 0 radical (unpaired) electrons. The molecule has 0 saturated heterocycles. The standard InChI is InChI=1S/C26H26ClN3O2/c1-17-12-13-19-15-20(24(27)29-22(19)14-17)16-23(26(32)28-21-10-6-3-7-11-21)30-25(31)18-8-4-2-5-9-18/h2,4-5,8-9,12-16,21H,3,6-7,10-11H2,1H3,(H,28,32)(H,30,31)/b23-16-. The third-order valence-corrected chi connectivity index (χ3v) is 6.03. The van der Waals surface area contributed by atoms with Gasteiger partial charge in [0.1, 0.15) is 10.9 Å². The molecule has 1 aliphatic carbocycles. The molecule has 0 spiro atoms. The maximum atomic E-state index is 13.1. The summed E-state index contributed by atoms with van der Waals surface area (Å²) in [7, 11) is 0. The molecule has 1 heterocycles. The number of hydrogen-bond donors (Lipinski definition) is 2. The molecular weight excluding hydrogens is 422 g/mol. The quantitative estimate of drug-likeness (QED) is 0.405. The molecular formula is C26H26ClN3O2. The average molecular weight is 448 g/mol. The molecule has 6 heteroatoms. The number of nitrogens with one attached hydrogen (secondary N) is 2. The number of benzene rings is 2. The molecule has 32 heavy (non-hydrogen) atoms. The number of rotatable bonds is 5. The van der Waals surface area contributed by atoms with Gasteiger partial charge in [-0.1, -0.05) is 61.2 Å². The highest BCUT2D eigenvalue weighted by Gasteiger charge is 2.20. The van der Waals surface area contributed by atoms with Gasteiger partial charge in [-0.3, -0.25) is 9.59 Å². The van der Waals surface area contributed by atoms with Crippen LogP contribution in [0.5, 0.6) is 0 Å². The topological polar surface area (TPSA) is 71.1 Å². The fourth-order valence-corrected chi connectivity index (χ4v) is 4.18. The van der Waals surface area contributed by atoms with E-state index in [1.54, 1.807) is 30.3 Å². The van der Waals surface area contributed by atoms with E-state index >= 15 is 0 Å². The molecule has 0 unspecified atom stereocenters. The van der Waals surface area contributed by atoms with Crippen LogP contribution in [0.1, 0.15) is 53.6 Å². The number of hydrogen-bond acceptors (Lipinski definition) is 3. The molecule has 2 N–H and O–H groups in total. The number of carbonyl (C=O) groups is 2. The Kier molecular flexibility index (Phi) is 6.86. The monoisotopic (exact) mass is 447 g/mol. The van der Waals surface area contributed by atoms with Gasteiger partial charge in [-0.25, -0.2) is 4.98 Å². The third-order valence-electron chi connectivity index (χ3n) is 5.72. The molecule has 1 aromatic heterocycles. The number of aryl methyl sites for hydroxylation is 1. The number of aromatic nitrogens is 1. The predicted molar refractivity (Wildman–Crippen MR) is 128 cm³/mol. The van der Waals surface area contributed by atoms with Gasteiger partial charge in [-0.2, -0.15) is 0 Å². The Labute approximate surface area is 192 Å². The molecule has 0 bridgehead atoms. The molecule has 0 atom stereocenters. The van der Waals surface area contributed by atoms with Crippen molar-refractivity contribution in [3.8, 4) is 0 Å². The number of amides is 2. The Morgan fingerprint density at radius 2 is 1.78 bits per heavy atom. The molecule has 4 rings (SSSR count). The van der Waals surface area contributed by atoms with E-state index in [2.05, 4.69) is 15.6 Å². The first kappa shape index (κ1) is 22.0. The van der Waals surface area contributed by atoms with Crippen molar-refractivity contribution in [2.75, 3.05) is 0 Å². The van der Waals surface area contributed by atoms with E-state index in [0.717, 1.165) is 42.1 Å².